The minimum absolute atomic E-state index is 0.107. The molecule has 1 amide bonds. The predicted molar refractivity (Wildman–Crippen MR) is 143 cm³/mol. The molecule has 0 saturated heterocycles. The van der Waals surface area contributed by atoms with Crippen LogP contribution in [0.2, 0.25) is 0 Å². The highest BCUT2D eigenvalue weighted by Crippen LogP contribution is 2.30. The Morgan fingerprint density at radius 3 is 2.55 bits per heavy atom. The molecule has 13 heteroatoms. The van der Waals surface area contributed by atoms with Gasteiger partial charge < -0.3 is 16.0 Å². The highest BCUT2D eigenvalue weighted by molar-refractivity contribution is 6.04. The Hall–Kier alpha value is -5.33. The van der Waals surface area contributed by atoms with Crippen molar-refractivity contribution in [3.63, 3.8) is 0 Å². The molecule has 0 atom stereocenters. The van der Waals surface area contributed by atoms with Crippen LogP contribution in [0.3, 0.4) is 0 Å². The molecule has 10 nitrogen and oxygen atoms in total. The van der Waals surface area contributed by atoms with Crippen LogP contribution in [0.5, 0.6) is 0 Å². The number of aromatic nitrogens is 6. The molecule has 0 unspecified atom stereocenters. The number of rotatable bonds is 7. The van der Waals surface area contributed by atoms with Gasteiger partial charge in [0, 0.05) is 47.3 Å². The van der Waals surface area contributed by atoms with E-state index in [0.717, 1.165) is 23.4 Å². The number of aryl methyl sites for hydroxylation is 2. The number of hydrogen-bond acceptors (Lipinski definition) is 8. The first-order valence-corrected chi connectivity index (χ1v) is 11.9. The second kappa shape index (κ2) is 10.8. The van der Waals surface area contributed by atoms with Crippen molar-refractivity contribution < 1.29 is 18.0 Å². The van der Waals surface area contributed by atoms with Gasteiger partial charge in [-0.2, -0.15) is 13.2 Å². The lowest BCUT2D eigenvalue weighted by Crippen LogP contribution is -2.14. The number of alkyl halides is 3. The van der Waals surface area contributed by atoms with Crippen LogP contribution in [0.25, 0.3) is 5.82 Å². The minimum atomic E-state index is -4.55. The molecule has 0 aliphatic rings. The van der Waals surface area contributed by atoms with Crippen molar-refractivity contribution in [3.8, 4) is 5.82 Å². The molecule has 3 heterocycles. The number of carbonyl (C=O) groups is 1. The lowest BCUT2D eigenvalue weighted by Gasteiger charge is -2.14. The largest absolute Gasteiger partial charge is 0.416 e. The van der Waals surface area contributed by atoms with Crippen LogP contribution in [0.15, 0.2) is 79.5 Å². The van der Waals surface area contributed by atoms with E-state index in [1.54, 1.807) is 53.5 Å². The summed E-state index contributed by atoms with van der Waals surface area (Å²) >= 11 is 0. The van der Waals surface area contributed by atoms with E-state index in [4.69, 9.17) is 0 Å². The van der Waals surface area contributed by atoms with E-state index in [1.807, 2.05) is 13.8 Å². The standard InChI is InChI=1S/C27H22F3N9O/c1-16-6-7-20(36-24(40)18-4-3-5-19(12-18)27(28,29)30)13-21(16)37-26-32-10-11-39(26)23-14-22(33-15-34-23)38-25-31-9-8-17(2)35-25/h3-15H,1-2H3,(H,32,37)(H,36,40)(H,31,33,34,35,38). The van der Waals surface area contributed by atoms with Crippen LogP contribution in [-0.2, 0) is 6.18 Å². The summed E-state index contributed by atoms with van der Waals surface area (Å²) in [6.07, 6.45) is 1.80. The van der Waals surface area contributed by atoms with Gasteiger partial charge in [0.1, 0.15) is 18.0 Å². The van der Waals surface area contributed by atoms with E-state index in [0.29, 0.717) is 34.9 Å². The zero-order valence-electron chi connectivity index (χ0n) is 21.2. The Labute approximate surface area is 226 Å². The number of imidazole rings is 1. The fourth-order valence-electron chi connectivity index (χ4n) is 3.75. The van der Waals surface area contributed by atoms with Crippen LogP contribution >= 0.6 is 0 Å². The molecule has 2 aromatic carbocycles. The van der Waals surface area contributed by atoms with Crippen molar-refractivity contribution in [2.45, 2.75) is 20.0 Å². The number of carbonyl (C=O) groups excluding carboxylic acids is 1. The van der Waals surface area contributed by atoms with Crippen molar-refractivity contribution >= 4 is 35.0 Å². The summed E-state index contributed by atoms with van der Waals surface area (Å²) in [4.78, 5) is 34.1. The molecule has 5 rings (SSSR count). The third-order valence-electron chi connectivity index (χ3n) is 5.77. The van der Waals surface area contributed by atoms with Crippen molar-refractivity contribution in [2.24, 2.45) is 0 Å². The molecule has 5 aromatic rings. The molecular weight excluding hydrogens is 523 g/mol. The molecule has 3 aromatic heterocycles. The maximum atomic E-state index is 13.1. The monoisotopic (exact) mass is 545 g/mol. The number of benzene rings is 2. The van der Waals surface area contributed by atoms with Gasteiger partial charge in [-0.25, -0.2) is 24.9 Å². The summed E-state index contributed by atoms with van der Waals surface area (Å²) in [6, 6.07) is 12.8. The minimum Gasteiger partial charge on any atom is -0.325 e. The second-order valence-electron chi connectivity index (χ2n) is 8.72. The van der Waals surface area contributed by atoms with Crippen LogP contribution in [0.4, 0.5) is 42.3 Å². The Morgan fingerprint density at radius 2 is 1.75 bits per heavy atom. The number of nitrogens with zero attached hydrogens (tertiary/aromatic N) is 6. The van der Waals surface area contributed by atoms with Gasteiger partial charge in [0.15, 0.2) is 0 Å². The topological polar surface area (TPSA) is 123 Å². The number of hydrogen-bond donors (Lipinski definition) is 3. The van der Waals surface area contributed by atoms with Gasteiger partial charge in [-0.1, -0.05) is 12.1 Å². The molecule has 40 heavy (non-hydrogen) atoms. The van der Waals surface area contributed by atoms with Crippen LogP contribution in [0, 0.1) is 13.8 Å². The maximum absolute atomic E-state index is 13.1. The normalized spacial score (nSPS) is 11.2. The number of halogens is 3. The van der Waals surface area contributed by atoms with E-state index in [9.17, 15) is 18.0 Å². The summed E-state index contributed by atoms with van der Waals surface area (Å²) in [7, 11) is 0. The number of anilines is 5. The summed E-state index contributed by atoms with van der Waals surface area (Å²) in [5.74, 6) is 1.15. The lowest BCUT2D eigenvalue weighted by atomic mass is 10.1. The van der Waals surface area contributed by atoms with E-state index in [1.165, 1.54) is 18.5 Å². The molecule has 0 spiro atoms. The van der Waals surface area contributed by atoms with Gasteiger partial charge in [0.2, 0.25) is 11.9 Å². The van der Waals surface area contributed by atoms with Gasteiger partial charge in [-0.3, -0.25) is 9.36 Å². The molecule has 0 radical (unpaired) electrons. The van der Waals surface area contributed by atoms with E-state index >= 15 is 0 Å². The average molecular weight is 546 g/mol. The number of nitrogens with one attached hydrogen (secondary N) is 3. The predicted octanol–water partition coefficient (Wildman–Crippen LogP) is 5.83. The van der Waals surface area contributed by atoms with Crippen LogP contribution in [0.1, 0.15) is 27.2 Å². The molecule has 0 saturated carbocycles. The molecule has 0 bridgehead atoms. The summed E-state index contributed by atoms with van der Waals surface area (Å²) in [5.41, 5.74) is 1.65. The summed E-state index contributed by atoms with van der Waals surface area (Å²) in [5, 5.41) is 8.92. The molecule has 0 fully saturated rings. The lowest BCUT2D eigenvalue weighted by molar-refractivity contribution is -0.137. The Kier molecular flexibility index (Phi) is 7.10. The van der Waals surface area contributed by atoms with Crippen molar-refractivity contribution in [1.82, 2.24) is 29.5 Å². The molecule has 3 N–H and O–H groups in total. The second-order valence-corrected chi connectivity index (χ2v) is 8.72. The third kappa shape index (κ3) is 6.04. The van der Waals surface area contributed by atoms with Crippen molar-refractivity contribution in [2.75, 3.05) is 16.0 Å². The first-order valence-electron chi connectivity index (χ1n) is 11.9. The maximum Gasteiger partial charge on any atom is 0.416 e. The van der Waals surface area contributed by atoms with Gasteiger partial charge >= 0.3 is 6.18 Å². The first-order chi connectivity index (χ1) is 19.2. The van der Waals surface area contributed by atoms with Crippen LogP contribution < -0.4 is 16.0 Å². The molecule has 0 aliphatic heterocycles. The van der Waals surface area contributed by atoms with Crippen LogP contribution in [-0.4, -0.2) is 35.4 Å². The zero-order chi connectivity index (χ0) is 28.3. The van der Waals surface area contributed by atoms with Crippen molar-refractivity contribution in [3.05, 3.63) is 102 Å². The van der Waals surface area contributed by atoms with E-state index in [2.05, 4.69) is 40.9 Å². The van der Waals surface area contributed by atoms with Gasteiger partial charge in [-0.05, 0) is 55.8 Å². The zero-order valence-corrected chi connectivity index (χ0v) is 21.2. The molecular formula is C27H22F3N9O. The van der Waals surface area contributed by atoms with Gasteiger partial charge in [0.05, 0.1) is 5.56 Å². The van der Waals surface area contributed by atoms with E-state index < -0.39 is 17.6 Å². The summed E-state index contributed by atoms with van der Waals surface area (Å²) < 4.78 is 40.9. The Balaban J connectivity index is 1.35. The quantitative estimate of drug-likeness (QED) is 0.234. The smallest absolute Gasteiger partial charge is 0.325 e. The van der Waals surface area contributed by atoms with E-state index in [-0.39, 0.29) is 5.56 Å². The number of amides is 1. The molecule has 0 aliphatic carbocycles. The Bertz CT molecular complexity index is 1680. The van der Waals surface area contributed by atoms with Crippen molar-refractivity contribution in [1.29, 1.82) is 0 Å². The fraction of sp³-hybridized carbons (Fsp3) is 0.111. The highest BCUT2D eigenvalue weighted by Gasteiger charge is 2.30. The SMILES string of the molecule is Cc1ccnc(Nc2cc(-n3ccnc3Nc3cc(NC(=O)c4cccc(C(F)(F)F)c4)ccc3C)ncn2)n1. The van der Waals surface area contributed by atoms with Gasteiger partial charge in [-0.15, -0.1) is 0 Å². The molecule has 202 valence electrons. The average Bonchev–Trinajstić information content (AvgIpc) is 3.38. The van der Waals surface area contributed by atoms with Gasteiger partial charge in [0.25, 0.3) is 5.91 Å². The highest BCUT2D eigenvalue weighted by atomic mass is 19.4. The fourth-order valence-corrected chi connectivity index (χ4v) is 3.75. The third-order valence-corrected chi connectivity index (χ3v) is 5.77. The Morgan fingerprint density at radius 1 is 0.900 bits per heavy atom. The first kappa shape index (κ1) is 26.3. The summed E-state index contributed by atoms with van der Waals surface area (Å²) in [6.45, 7) is 3.72.